The summed E-state index contributed by atoms with van der Waals surface area (Å²) in [6.45, 7) is -0.193. The van der Waals surface area contributed by atoms with E-state index in [1.165, 1.54) is 0 Å². The summed E-state index contributed by atoms with van der Waals surface area (Å²) in [6, 6.07) is 10.1. The molecule has 2 rings (SSSR count). The molecule has 0 aliphatic rings. The van der Waals surface area contributed by atoms with Crippen molar-refractivity contribution in [2.24, 2.45) is 0 Å². The first-order valence-corrected chi connectivity index (χ1v) is 7.42. The van der Waals surface area contributed by atoms with E-state index in [1.54, 1.807) is 11.8 Å². The Kier molecular flexibility index (Phi) is 5.27. The van der Waals surface area contributed by atoms with Crippen molar-refractivity contribution in [1.29, 1.82) is 0 Å². The minimum absolute atomic E-state index is 0.100. The summed E-state index contributed by atoms with van der Waals surface area (Å²) < 4.78 is 5.82. The van der Waals surface area contributed by atoms with Gasteiger partial charge in [0.1, 0.15) is 11.3 Å². The van der Waals surface area contributed by atoms with Crippen molar-refractivity contribution in [3.63, 3.8) is 0 Å². The van der Waals surface area contributed by atoms with Gasteiger partial charge in [-0.25, -0.2) is 0 Å². The summed E-state index contributed by atoms with van der Waals surface area (Å²) in [5.41, 5.74) is 0.887. The van der Waals surface area contributed by atoms with Crippen molar-refractivity contribution in [2.45, 2.75) is 12.1 Å². The number of thioether (sulfide) groups is 1. The number of benzene rings is 1. The summed E-state index contributed by atoms with van der Waals surface area (Å²) in [6.07, 6.45) is -0.654. The number of hydrogen-bond donors (Lipinski definition) is 3. The first kappa shape index (κ1) is 14.4. The molecular formula is C14H19NO3S. The number of hydrogen-bond acceptors (Lipinski definition) is 5. The maximum Gasteiger partial charge on any atom is 0.134 e. The Labute approximate surface area is 116 Å². The Bertz CT molecular complexity index is 481. The number of rotatable bonds is 7. The van der Waals surface area contributed by atoms with Gasteiger partial charge in [0.2, 0.25) is 0 Å². The van der Waals surface area contributed by atoms with Crippen molar-refractivity contribution in [3.05, 3.63) is 36.1 Å². The van der Waals surface area contributed by atoms with Gasteiger partial charge in [-0.2, -0.15) is 11.8 Å². The average Bonchev–Trinajstić information content (AvgIpc) is 2.86. The maximum atomic E-state index is 9.31. The van der Waals surface area contributed by atoms with E-state index < -0.39 is 6.10 Å². The average molecular weight is 281 g/mol. The van der Waals surface area contributed by atoms with Gasteiger partial charge in [0.05, 0.1) is 18.8 Å². The molecule has 2 aromatic rings. The Balaban J connectivity index is 2.00. The molecule has 5 heteroatoms. The summed E-state index contributed by atoms with van der Waals surface area (Å²) in [7, 11) is 1.89. The van der Waals surface area contributed by atoms with Crippen LogP contribution in [0.25, 0.3) is 11.0 Å². The van der Waals surface area contributed by atoms with Gasteiger partial charge in [-0.05, 0) is 19.2 Å². The summed E-state index contributed by atoms with van der Waals surface area (Å²) in [4.78, 5) is 0. The van der Waals surface area contributed by atoms with E-state index in [0.29, 0.717) is 5.75 Å². The van der Waals surface area contributed by atoms with E-state index in [0.717, 1.165) is 22.5 Å². The lowest BCUT2D eigenvalue weighted by atomic mass is 10.2. The van der Waals surface area contributed by atoms with Crippen LogP contribution in [0.3, 0.4) is 0 Å². The predicted octanol–water partition coefficient (Wildman–Crippen LogP) is 1.78. The lowest BCUT2D eigenvalue weighted by Gasteiger charge is -2.14. The van der Waals surface area contributed by atoms with Crippen molar-refractivity contribution in [2.75, 3.05) is 25.2 Å². The van der Waals surface area contributed by atoms with Crippen LogP contribution in [0.4, 0.5) is 0 Å². The van der Waals surface area contributed by atoms with Crippen LogP contribution >= 0.6 is 11.8 Å². The van der Waals surface area contributed by atoms with Crippen molar-refractivity contribution < 1.29 is 14.6 Å². The molecule has 19 heavy (non-hydrogen) atoms. The number of aliphatic hydroxyl groups is 2. The van der Waals surface area contributed by atoms with Crippen LogP contribution in [0, 0.1) is 0 Å². The third-order valence-corrected chi connectivity index (χ3v) is 4.13. The van der Waals surface area contributed by atoms with Gasteiger partial charge in [0, 0.05) is 16.9 Å². The number of fused-ring (bicyclic) bond motifs is 1. The summed E-state index contributed by atoms with van der Waals surface area (Å²) >= 11 is 1.59. The Morgan fingerprint density at radius 3 is 2.79 bits per heavy atom. The zero-order chi connectivity index (χ0) is 13.7. The predicted molar refractivity (Wildman–Crippen MR) is 78.4 cm³/mol. The van der Waals surface area contributed by atoms with Crippen molar-refractivity contribution in [1.82, 2.24) is 5.32 Å². The van der Waals surface area contributed by atoms with Gasteiger partial charge in [0.25, 0.3) is 0 Å². The van der Waals surface area contributed by atoms with Gasteiger partial charge in [-0.1, -0.05) is 18.2 Å². The molecule has 0 saturated carbocycles. The molecule has 0 amide bonds. The monoisotopic (exact) mass is 281 g/mol. The fourth-order valence-corrected chi connectivity index (χ4v) is 2.94. The topological polar surface area (TPSA) is 65.6 Å². The molecule has 1 aromatic carbocycles. The highest BCUT2D eigenvalue weighted by Gasteiger charge is 2.15. The van der Waals surface area contributed by atoms with Crippen LogP contribution in [-0.2, 0) is 0 Å². The van der Waals surface area contributed by atoms with Gasteiger partial charge < -0.3 is 19.9 Å². The number of para-hydroxylation sites is 1. The molecule has 0 bridgehead atoms. The molecule has 0 radical (unpaired) electrons. The normalized spacial score (nSPS) is 14.7. The van der Waals surface area contributed by atoms with Gasteiger partial charge in [-0.15, -0.1) is 0 Å². The van der Waals surface area contributed by atoms with E-state index in [-0.39, 0.29) is 12.6 Å². The second kappa shape index (κ2) is 6.96. The van der Waals surface area contributed by atoms with E-state index in [9.17, 15) is 5.11 Å². The van der Waals surface area contributed by atoms with Crippen LogP contribution in [0.15, 0.2) is 34.7 Å². The van der Waals surface area contributed by atoms with Crippen LogP contribution in [0.2, 0.25) is 0 Å². The quantitative estimate of drug-likeness (QED) is 0.722. The Morgan fingerprint density at radius 1 is 1.32 bits per heavy atom. The Morgan fingerprint density at radius 2 is 2.11 bits per heavy atom. The third kappa shape index (κ3) is 3.73. The summed E-state index contributed by atoms with van der Waals surface area (Å²) in [5, 5.41) is 22.4. The minimum Gasteiger partial charge on any atom is -0.459 e. The smallest absolute Gasteiger partial charge is 0.134 e. The van der Waals surface area contributed by atoms with Gasteiger partial charge in [0.15, 0.2) is 0 Å². The number of nitrogens with one attached hydrogen (secondary N) is 1. The lowest BCUT2D eigenvalue weighted by Crippen LogP contribution is -2.20. The SMILES string of the molecule is CNC(CSCC(O)CO)c1cc2ccccc2o1. The molecule has 0 aliphatic heterocycles. The maximum absolute atomic E-state index is 9.31. The van der Waals surface area contributed by atoms with E-state index in [4.69, 9.17) is 9.52 Å². The van der Waals surface area contributed by atoms with Gasteiger partial charge in [-0.3, -0.25) is 0 Å². The highest BCUT2D eigenvalue weighted by molar-refractivity contribution is 7.99. The first-order valence-electron chi connectivity index (χ1n) is 6.27. The zero-order valence-corrected chi connectivity index (χ0v) is 11.7. The van der Waals surface area contributed by atoms with Crippen molar-refractivity contribution in [3.8, 4) is 0 Å². The minimum atomic E-state index is -0.654. The zero-order valence-electron chi connectivity index (χ0n) is 10.9. The molecule has 0 fully saturated rings. The highest BCUT2D eigenvalue weighted by atomic mass is 32.2. The molecule has 1 aromatic heterocycles. The van der Waals surface area contributed by atoms with Crippen LogP contribution in [-0.4, -0.2) is 41.5 Å². The molecule has 0 saturated heterocycles. The third-order valence-electron chi connectivity index (χ3n) is 2.94. The van der Waals surface area contributed by atoms with E-state index in [2.05, 4.69) is 5.32 Å². The standard InChI is InChI=1S/C14H19NO3S/c1-15-12(9-19-8-11(17)7-16)14-6-10-4-2-3-5-13(10)18-14/h2-6,11-12,15-17H,7-9H2,1H3. The largest absolute Gasteiger partial charge is 0.459 e. The number of furan rings is 1. The van der Waals surface area contributed by atoms with Crippen LogP contribution in [0.1, 0.15) is 11.8 Å². The number of aliphatic hydroxyl groups excluding tert-OH is 2. The van der Waals surface area contributed by atoms with E-state index >= 15 is 0 Å². The molecule has 4 nitrogen and oxygen atoms in total. The van der Waals surface area contributed by atoms with Crippen molar-refractivity contribution >= 4 is 22.7 Å². The molecule has 0 aliphatic carbocycles. The van der Waals surface area contributed by atoms with Crippen LogP contribution < -0.4 is 5.32 Å². The lowest BCUT2D eigenvalue weighted by molar-refractivity contribution is 0.113. The fraction of sp³-hybridized carbons (Fsp3) is 0.429. The molecule has 2 atom stereocenters. The molecule has 1 heterocycles. The first-order chi connectivity index (χ1) is 9.24. The van der Waals surface area contributed by atoms with Crippen LogP contribution in [0.5, 0.6) is 0 Å². The summed E-state index contributed by atoms with van der Waals surface area (Å²) in [5.74, 6) is 2.21. The molecule has 104 valence electrons. The molecule has 2 unspecified atom stereocenters. The fourth-order valence-electron chi connectivity index (χ4n) is 1.86. The second-order valence-corrected chi connectivity index (χ2v) is 5.48. The highest BCUT2D eigenvalue weighted by Crippen LogP contribution is 2.25. The van der Waals surface area contributed by atoms with Gasteiger partial charge >= 0.3 is 0 Å². The second-order valence-electron chi connectivity index (χ2n) is 4.40. The molecule has 0 spiro atoms. The molecule has 3 N–H and O–H groups in total. The Hall–Kier alpha value is -1.01. The van der Waals surface area contributed by atoms with E-state index in [1.807, 2.05) is 37.4 Å². The molecular weight excluding hydrogens is 262 g/mol.